The summed E-state index contributed by atoms with van der Waals surface area (Å²) < 4.78 is 44.6. The lowest BCUT2D eigenvalue weighted by Crippen LogP contribution is -2.50. The number of primary amides is 1. The molecule has 1 aliphatic carbocycles. The van der Waals surface area contributed by atoms with Crippen LogP contribution < -0.4 is 11.1 Å². The first-order chi connectivity index (χ1) is 19.7. The lowest BCUT2D eigenvalue weighted by molar-refractivity contribution is -0.135. The highest BCUT2D eigenvalue weighted by molar-refractivity contribution is 6.05. The minimum absolute atomic E-state index is 0.0335. The molecule has 0 saturated carbocycles. The van der Waals surface area contributed by atoms with E-state index in [0.717, 1.165) is 23.3 Å². The fourth-order valence-corrected chi connectivity index (χ4v) is 5.90. The normalized spacial score (nSPS) is 20.9. The van der Waals surface area contributed by atoms with Gasteiger partial charge in [0.15, 0.2) is 5.69 Å². The number of aliphatic hydroxyl groups is 1. The third-order valence-corrected chi connectivity index (χ3v) is 7.81. The Bertz CT molecular complexity index is 1650. The minimum Gasteiger partial charge on any atom is -0.376 e. The number of carbonyl (C=O) groups is 2. The van der Waals surface area contributed by atoms with Crippen molar-refractivity contribution in [2.24, 2.45) is 5.73 Å². The predicted molar refractivity (Wildman–Crippen MR) is 141 cm³/mol. The van der Waals surface area contributed by atoms with Gasteiger partial charge in [-0.2, -0.15) is 15.3 Å². The molecule has 0 bridgehead atoms. The summed E-state index contributed by atoms with van der Waals surface area (Å²) in [6.07, 6.45) is 0.801. The molecule has 2 amide bonds. The standard InChI is InChI=1S/C28H26F3N7O3/c29-16-10-23(28(41)35-21-5-2-17-19(30)3-4-20(31)25(17)21)37(12-16)24(39)13-38-22-6-1-14(15-7-8-33-34-11-15)9-18(22)26(36-38)27(32)40/h1,3-4,6-9,11,16,21,23,28,35,41H,2,5,10,12-13H2,(H2,32,40). The van der Waals surface area contributed by atoms with Crippen molar-refractivity contribution in [1.82, 2.24) is 30.2 Å². The van der Waals surface area contributed by atoms with Gasteiger partial charge in [0.1, 0.15) is 30.6 Å². The maximum atomic E-state index is 14.6. The number of amides is 2. The number of aromatic nitrogens is 4. The molecule has 1 fully saturated rings. The van der Waals surface area contributed by atoms with Crippen molar-refractivity contribution in [3.05, 3.63) is 77.2 Å². The van der Waals surface area contributed by atoms with Gasteiger partial charge in [0.2, 0.25) is 5.91 Å². The Kier molecular flexibility index (Phi) is 6.91. The van der Waals surface area contributed by atoms with E-state index in [1.165, 1.54) is 15.8 Å². The molecule has 212 valence electrons. The van der Waals surface area contributed by atoms with Crippen molar-refractivity contribution in [2.45, 2.75) is 50.3 Å². The number of halogens is 3. The van der Waals surface area contributed by atoms with E-state index in [9.17, 15) is 27.9 Å². The van der Waals surface area contributed by atoms with Gasteiger partial charge < -0.3 is 15.7 Å². The van der Waals surface area contributed by atoms with Gasteiger partial charge in [-0.05, 0) is 54.3 Å². The average molecular weight is 566 g/mol. The van der Waals surface area contributed by atoms with Crippen LogP contribution in [0, 0.1) is 11.6 Å². The zero-order valence-corrected chi connectivity index (χ0v) is 21.7. The van der Waals surface area contributed by atoms with Crippen molar-refractivity contribution in [3.8, 4) is 11.1 Å². The van der Waals surface area contributed by atoms with E-state index in [4.69, 9.17) is 5.73 Å². The Balaban J connectivity index is 1.24. The number of likely N-dealkylation sites (tertiary alicyclic amines) is 1. The van der Waals surface area contributed by atoms with E-state index in [-0.39, 0.29) is 42.8 Å². The lowest BCUT2D eigenvalue weighted by atomic mass is 10.0. The molecule has 4 unspecified atom stereocenters. The molecule has 1 saturated heterocycles. The van der Waals surface area contributed by atoms with Gasteiger partial charge in [-0.1, -0.05) is 6.07 Å². The summed E-state index contributed by atoms with van der Waals surface area (Å²) in [5.74, 6) is -2.43. The van der Waals surface area contributed by atoms with Gasteiger partial charge in [0.05, 0.1) is 30.5 Å². The number of nitrogens with one attached hydrogen (secondary N) is 1. The van der Waals surface area contributed by atoms with Crippen LogP contribution in [0.25, 0.3) is 22.0 Å². The second-order valence-corrected chi connectivity index (χ2v) is 10.3. The fraction of sp³-hybridized carbons (Fsp3) is 0.321. The summed E-state index contributed by atoms with van der Waals surface area (Å²) in [6.45, 7) is -0.602. The van der Waals surface area contributed by atoms with Crippen LogP contribution in [-0.4, -0.2) is 66.8 Å². The number of nitrogens with two attached hydrogens (primary N) is 1. The van der Waals surface area contributed by atoms with Gasteiger partial charge in [-0.15, -0.1) is 0 Å². The molecule has 2 aromatic carbocycles. The third kappa shape index (κ3) is 4.91. The Labute approximate surface area is 232 Å². The molecule has 3 heterocycles. The number of alkyl halides is 1. The van der Waals surface area contributed by atoms with E-state index < -0.39 is 47.9 Å². The first-order valence-corrected chi connectivity index (χ1v) is 13.1. The van der Waals surface area contributed by atoms with Gasteiger partial charge in [0, 0.05) is 29.0 Å². The predicted octanol–water partition coefficient (Wildman–Crippen LogP) is 2.40. The van der Waals surface area contributed by atoms with E-state index in [1.807, 2.05) is 0 Å². The van der Waals surface area contributed by atoms with Crippen molar-refractivity contribution >= 4 is 22.7 Å². The second kappa shape index (κ2) is 10.6. The van der Waals surface area contributed by atoms with Crippen LogP contribution in [-0.2, 0) is 17.8 Å². The number of fused-ring (bicyclic) bond motifs is 2. The first kappa shape index (κ1) is 26.8. The minimum atomic E-state index is -1.40. The molecule has 2 aliphatic rings. The molecule has 6 rings (SSSR count). The number of benzene rings is 2. The summed E-state index contributed by atoms with van der Waals surface area (Å²) in [5, 5.41) is 26.2. The van der Waals surface area contributed by atoms with Crippen molar-refractivity contribution < 1.29 is 27.9 Å². The molecule has 0 radical (unpaired) electrons. The Hall–Kier alpha value is -4.36. The molecule has 1 aliphatic heterocycles. The zero-order chi connectivity index (χ0) is 28.8. The molecule has 2 aromatic heterocycles. The number of aliphatic hydroxyl groups excluding tert-OH is 1. The molecule has 10 nitrogen and oxygen atoms in total. The third-order valence-electron chi connectivity index (χ3n) is 7.81. The lowest BCUT2D eigenvalue weighted by Gasteiger charge is -2.31. The molecular weight excluding hydrogens is 539 g/mol. The highest BCUT2D eigenvalue weighted by atomic mass is 19.1. The molecule has 4 aromatic rings. The van der Waals surface area contributed by atoms with E-state index >= 15 is 0 Å². The van der Waals surface area contributed by atoms with Crippen LogP contribution in [0.1, 0.15) is 40.5 Å². The smallest absolute Gasteiger partial charge is 0.269 e. The van der Waals surface area contributed by atoms with Gasteiger partial charge in [0.25, 0.3) is 5.91 Å². The van der Waals surface area contributed by atoms with Crippen LogP contribution >= 0.6 is 0 Å². The van der Waals surface area contributed by atoms with Crippen LogP contribution in [0.4, 0.5) is 13.2 Å². The summed E-state index contributed by atoms with van der Waals surface area (Å²) in [4.78, 5) is 26.8. The van der Waals surface area contributed by atoms with Crippen LogP contribution in [0.2, 0.25) is 0 Å². The van der Waals surface area contributed by atoms with E-state index in [0.29, 0.717) is 17.3 Å². The number of hydrogen-bond acceptors (Lipinski definition) is 7. The Morgan fingerprint density at radius 2 is 1.93 bits per heavy atom. The monoisotopic (exact) mass is 565 g/mol. The van der Waals surface area contributed by atoms with E-state index in [1.54, 1.807) is 30.5 Å². The molecule has 41 heavy (non-hydrogen) atoms. The zero-order valence-electron chi connectivity index (χ0n) is 21.7. The fourth-order valence-electron chi connectivity index (χ4n) is 5.90. The number of hydrogen-bond donors (Lipinski definition) is 3. The van der Waals surface area contributed by atoms with Crippen LogP contribution in [0.3, 0.4) is 0 Å². The van der Waals surface area contributed by atoms with Gasteiger partial charge in [-0.3, -0.25) is 19.6 Å². The van der Waals surface area contributed by atoms with Crippen molar-refractivity contribution in [3.63, 3.8) is 0 Å². The largest absolute Gasteiger partial charge is 0.376 e. The number of carbonyl (C=O) groups excluding carboxylic acids is 2. The molecule has 4 N–H and O–H groups in total. The molecular formula is C28H26F3N7O3. The van der Waals surface area contributed by atoms with Crippen molar-refractivity contribution in [2.75, 3.05) is 6.54 Å². The number of nitrogens with zero attached hydrogens (tertiary/aromatic N) is 5. The number of rotatable bonds is 7. The van der Waals surface area contributed by atoms with E-state index in [2.05, 4.69) is 20.6 Å². The topological polar surface area (TPSA) is 139 Å². The molecule has 13 heteroatoms. The van der Waals surface area contributed by atoms with Crippen LogP contribution in [0.5, 0.6) is 0 Å². The summed E-state index contributed by atoms with van der Waals surface area (Å²) in [7, 11) is 0. The highest BCUT2D eigenvalue weighted by Gasteiger charge is 2.41. The molecule has 4 atom stereocenters. The summed E-state index contributed by atoms with van der Waals surface area (Å²) in [6, 6.07) is 7.39. The maximum absolute atomic E-state index is 14.6. The first-order valence-electron chi connectivity index (χ1n) is 13.1. The highest BCUT2D eigenvalue weighted by Crippen LogP contribution is 2.36. The quantitative estimate of drug-likeness (QED) is 0.293. The van der Waals surface area contributed by atoms with Crippen LogP contribution in [0.15, 0.2) is 48.8 Å². The Morgan fingerprint density at radius 3 is 2.68 bits per heavy atom. The summed E-state index contributed by atoms with van der Waals surface area (Å²) in [5.41, 5.74) is 7.88. The summed E-state index contributed by atoms with van der Waals surface area (Å²) >= 11 is 0. The SMILES string of the molecule is NC(=O)c1nn(CC(=O)N2CC(F)CC2C(O)NC2CCc3c(F)ccc(F)c32)c2ccc(-c3ccnnc3)cc12. The molecule has 0 spiro atoms. The van der Waals surface area contributed by atoms with Gasteiger partial charge in [-0.25, -0.2) is 13.2 Å². The van der Waals surface area contributed by atoms with Crippen molar-refractivity contribution in [1.29, 1.82) is 0 Å². The maximum Gasteiger partial charge on any atom is 0.269 e. The average Bonchev–Trinajstić information content (AvgIpc) is 3.67. The second-order valence-electron chi connectivity index (χ2n) is 10.3. The Morgan fingerprint density at radius 1 is 1.12 bits per heavy atom. The van der Waals surface area contributed by atoms with Gasteiger partial charge >= 0.3 is 0 Å².